The van der Waals surface area contributed by atoms with E-state index in [9.17, 15) is 0 Å². The second-order valence-electron chi connectivity index (χ2n) is 2.72. The van der Waals surface area contributed by atoms with Gasteiger partial charge in [0.2, 0.25) is 0 Å². The Balaban J connectivity index is 3.58. The van der Waals surface area contributed by atoms with Crippen molar-refractivity contribution in [3.05, 3.63) is 0 Å². The van der Waals surface area contributed by atoms with Crippen molar-refractivity contribution in [1.29, 1.82) is 0 Å². The van der Waals surface area contributed by atoms with Crippen LogP contribution in [0.25, 0.3) is 0 Å². The Bertz CT molecular complexity index is 70.2. The van der Waals surface area contributed by atoms with E-state index in [4.69, 9.17) is 10.2 Å². The summed E-state index contributed by atoms with van der Waals surface area (Å²) in [6.07, 6.45) is 0. The van der Waals surface area contributed by atoms with E-state index < -0.39 is 0 Å². The average molecular weight is 161 g/mol. The third kappa shape index (κ3) is 4.35. The summed E-state index contributed by atoms with van der Waals surface area (Å²) in [6, 6.07) is 0. The first-order chi connectivity index (χ1) is 5.28. The quantitative estimate of drug-likeness (QED) is 0.573. The minimum atomic E-state index is 0.0231. The van der Waals surface area contributed by atoms with Gasteiger partial charge in [0.15, 0.2) is 0 Å². The Hall–Kier alpha value is -0.120. The summed E-state index contributed by atoms with van der Waals surface area (Å²) < 4.78 is 0. The fraction of sp³-hybridized carbons (Fsp3) is 1.00. The van der Waals surface area contributed by atoms with E-state index in [2.05, 4.69) is 18.7 Å². The van der Waals surface area contributed by atoms with Crippen molar-refractivity contribution in [2.24, 2.45) is 5.92 Å². The molecular weight excluding hydrogens is 142 g/mol. The fourth-order valence-corrected chi connectivity index (χ4v) is 1.02. The number of aliphatic hydroxyl groups excluding tert-OH is 2. The highest BCUT2D eigenvalue weighted by molar-refractivity contribution is 4.61. The van der Waals surface area contributed by atoms with E-state index in [1.165, 1.54) is 0 Å². The van der Waals surface area contributed by atoms with Gasteiger partial charge in [-0.25, -0.2) is 0 Å². The van der Waals surface area contributed by atoms with Crippen LogP contribution in [0.15, 0.2) is 0 Å². The Morgan fingerprint density at radius 2 is 1.55 bits per heavy atom. The predicted octanol–water partition coefficient (Wildman–Crippen LogP) is -0.0710. The van der Waals surface area contributed by atoms with Gasteiger partial charge in [-0.15, -0.1) is 0 Å². The molecule has 0 aromatic carbocycles. The van der Waals surface area contributed by atoms with Gasteiger partial charge in [-0.1, -0.05) is 13.8 Å². The van der Waals surface area contributed by atoms with Crippen molar-refractivity contribution in [2.75, 3.05) is 32.8 Å². The van der Waals surface area contributed by atoms with E-state index in [-0.39, 0.29) is 19.1 Å². The second-order valence-corrected chi connectivity index (χ2v) is 2.72. The van der Waals surface area contributed by atoms with Crippen LogP contribution in [-0.2, 0) is 0 Å². The third-order valence-electron chi connectivity index (χ3n) is 1.93. The molecule has 0 saturated heterocycles. The van der Waals surface area contributed by atoms with Crippen molar-refractivity contribution in [1.82, 2.24) is 4.90 Å². The SMILES string of the molecule is CCN(CC)CC(CO)CO. The predicted molar refractivity (Wildman–Crippen MR) is 45.4 cm³/mol. The van der Waals surface area contributed by atoms with Crippen molar-refractivity contribution in [3.63, 3.8) is 0 Å². The standard InChI is InChI=1S/C8H19NO2/c1-3-9(4-2)5-8(6-10)7-11/h8,10-11H,3-7H2,1-2H3. The lowest BCUT2D eigenvalue weighted by molar-refractivity contribution is 0.114. The highest BCUT2D eigenvalue weighted by Gasteiger charge is 2.09. The van der Waals surface area contributed by atoms with Gasteiger partial charge in [-0.3, -0.25) is 0 Å². The highest BCUT2D eigenvalue weighted by atomic mass is 16.3. The van der Waals surface area contributed by atoms with Crippen LogP contribution in [0.4, 0.5) is 0 Å². The van der Waals surface area contributed by atoms with Crippen LogP contribution in [0.1, 0.15) is 13.8 Å². The molecule has 3 nitrogen and oxygen atoms in total. The molecule has 0 fully saturated rings. The summed E-state index contributed by atoms with van der Waals surface area (Å²) >= 11 is 0. The van der Waals surface area contributed by atoms with Crippen LogP contribution in [0.3, 0.4) is 0 Å². The third-order valence-corrected chi connectivity index (χ3v) is 1.93. The lowest BCUT2D eigenvalue weighted by atomic mass is 10.1. The summed E-state index contributed by atoms with van der Waals surface area (Å²) in [7, 11) is 0. The first kappa shape index (κ1) is 10.9. The number of aliphatic hydroxyl groups is 2. The molecule has 0 aliphatic heterocycles. The molecule has 0 rings (SSSR count). The fourth-order valence-electron chi connectivity index (χ4n) is 1.02. The van der Waals surface area contributed by atoms with Crippen molar-refractivity contribution < 1.29 is 10.2 Å². The van der Waals surface area contributed by atoms with Gasteiger partial charge >= 0.3 is 0 Å². The lowest BCUT2D eigenvalue weighted by Gasteiger charge is -2.22. The molecule has 0 heterocycles. The summed E-state index contributed by atoms with van der Waals surface area (Å²) in [5.41, 5.74) is 0. The van der Waals surface area contributed by atoms with Crippen molar-refractivity contribution in [3.8, 4) is 0 Å². The highest BCUT2D eigenvalue weighted by Crippen LogP contribution is 1.98. The lowest BCUT2D eigenvalue weighted by Crippen LogP contribution is -2.32. The van der Waals surface area contributed by atoms with Crippen LogP contribution in [0.2, 0.25) is 0 Å². The Morgan fingerprint density at radius 1 is 1.09 bits per heavy atom. The molecule has 0 aliphatic carbocycles. The Morgan fingerprint density at radius 3 is 1.82 bits per heavy atom. The average Bonchev–Trinajstić information content (AvgIpc) is 2.07. The van der Waals surface area contributed by atoms with E-state index in [0.717, 1.165) is 19.6 Å². The van der Waals surface area contributed by atoms with Gasteiger partial charge in [0.1, 0.15) is 0 Å². The monoisotopic (exact) mass is 161 g/mol. The van der Waals surface area contributed by atoms with Crippen molar-refractivity contribution >= 4 is 0 Å². The normalized spacial score (nSPS) is 11.5. The summed E-state index contributed by atoms with van der Waals surface area (Å²) in [5.74, 6) is 0.0231. The zero-order valence-corrected chi connectivity index (χ0v) is 7.45. The van der Waals surface area contributed by atoms with E-state index >= 15 is 0 Å². The molecule has 0 aliphatic rings. The summed E-state index contributed by atoms with van der Waals surface area (Å²) in [6.45, 7) is 7.06. The maximum Gasteiger partial charge on any atom is 0.0493 e. The zero-order chi connectivity index (χ0) is 8.69. The molecule has 0 bridgehead atoms. The van der Waals surface area contributed by atoms with Gasteiger partial charge in [0.05, 0.1) is 0 Å². The van der Waals surface area contributed by atoms with Gasteiger partial charge < -0.3 is 15.1 Å². The second kappa shape index (κ2) is 6.58. The van der Waals surface area contributed by atoms with Crippen LogP contribution >= 0.6 is 0 Å². The Kier molecular flexibility index (Phi) is 6.51. The van der Waals surface area contributed by atoms with E-state index in [0.29, 0.717) is 0 Å². The molecule has 0 saturated carbocycles. The molecule has 0 atom stereocenters. The van der Waals surface area contributed by atoms with Crippen LogP contribution < -0.4 is 0 Å². The molecule has 0 aromatic heterocycles. The van der Waals surface area contributed by atoms with Crippen LogP contribution in [0.5, 0.6) is 0 Å². The summed E-state index contributed by atoms with van der Waals surface area (Å²) in [4.78, 5) is 2.19. The van der Waals surface area contributed by atoms with Crippen molar-refractivity contribution in [2.45, 2.75) is 13.8 Å². The molecule has 0 radical (unpaired) electrons. The van der Waals surface area contributed by atoms with Gasteiger partial charge in [-0.2, -0.15) is 0 Å². The van der Waals surface area contributed by atoms with Gasteiger partial charge in [0, 0.05) is 25.7 Å². The van der Waals surface area contributed by atoms with Gasteiger partial charge in [-0.05, 0) is 13.1 Å². The number of rotatable bonds is 6. The number of hydrogen-bond donors (Lipinski definition) is 2. The molecule has 0 unspecified atom stereocenters. The van der Waals surface area contributed by atoms with E-state index in [1.807, 2.05) is 0 Å². The number of nitrogens with zero attached hydrogens (tertiary/aromatic N) is 1. The molecule has 68 valence electrons. The molecule has 3 heteroatoms. The van der Waals surface area contributed by atoms with E-state index in [1.54, 1.807) is 0 Å². The first-order valence-corrected chi connectivity index (χ1v) is 4.22. The minimum absolute atomic E-state index is 0.0231. The Labute approximate surface area is 68.6 Å². The zero-order valence-electron chi connectivity index (χ0n) is 7.45. The summed E-state index contributed by atoms with van der Waals surface area (Å²) in [5, 5.41) is 17.6. The molecule has 2 N–H and O–H groups in total. The first-order valence-electron chi connectivity index (χ1n) is 4.22. The molecule has 0 spiro atoms. The molecule has 0 amide bonds. The largest absolute Gasteiger partial charge is 0.396 e. The number of hydrogen-bond acceptors (Lipinski definition) is 3. The minimum Gasteiger partial charge on any atom is -0.396 e. The topological polar surface area (TPSA) is 43.7 Å². The molecule has 11 heavy (non-hydrogen) atoms. The van der Waals surface area contributed by atoms with Crippen LogP contribution in [-0.4, -0.2) is 48.0 Å². The van der Waals surface area contributed by atoms with Crippen LogP contribution in [0, 0.1) is 5.92 Å². The van der Waals surface area contributed by atoms with Gasteiger partial charge in [0.25, 0.3) is 0 Å². The molecular formula is C8H19NO2. The molecule has 0 aromatic rings. The smallest absolute Gasteiger partial charge is 0.0493 e. The maximum atomic E-state index is 8.78. The maximum absolute atomic E-state index is 8.78.